The Labute approximate surface area is 85.4 Å². The number of benzene rings is 1. The van der Waals surface area contributed by atoms with Crippen molar-refractivity contribution in [3.8, 4) is 11.1 Å². The molecular formula is C11H8F2N2. The first-order valence-electron chi connectivity index (χ1n) is 4.33. The molecule has 0 fully saturated rings. The van der Waals surface area contributed by atoms with Crippen LogP contribution in [0.1, 0.15) is 0 Å². The molecule has 2 rings (SSSR count). The Morgan fingerprint density at radius 3 is 2.47 bits per heavy atom. The van der Waals surface area contributed by atoms with Gasteiger partial charge in [-0.2, -0.15) is 0 Å². The third-order valence-electron chi connectivity index (χ3n) is 2.03. The molecule has 4 heteroatoms. The number of halogens is 2. The molecule has 0 spiro atoms. The molecule has 15 heavy (non-hydrogen) atoms. The van der Waals surface area contributed by atoms with Crippen LogP contribution in [0.3, 0.4) is 0 Å². The molecule has 0 unspecified atom stereocenters. The number of hydrogen-bond donors (Lipinski definition) is 1. The molecule has 0 amide bonds. The van der Waals surface area contributed by atoms with Gasteiger partial charge in [-0.05, 0) is 24.3 Å². The van der Waals surface area contributed by atoms with E-state index >= 15 is 0 Å². The fourth-order valence-electron chi connectivity index (χ4n) is 1.36. The largest absolute Gasteiger partial charge is 0.398 e. The summed E-state index contributed by atoms with van der Waals surface area (Å²) in [6, 6.07) is 5.27. The zero-order chi connectivity index (χ0) is 10.8. The van der Waals surface area contributed by atoms with E-state index in [4.69, 9.17) is 5.73 Å². The lowest BCUT2D eigenvalue weighted by Gasteiger charge is -2.05. The lowest BCUT2D eigenvalue weighted by atomic mass is 10.1. The summed E-state index contributed by atoms with van der Waals surface area (Å²) in [5.41, 5.74) is 6.99. The third-order valence-corrected chi connectivity index (χ3v) is 2.03. The van der Waals surface area contributed by atoms with Crippen molar-refractivity contribution in [3.05, 3.63) is 48.3 Å². The van der Waals surface area contributed by atoms with Crippen LogP contribution >= 0.6 is 0 Å². The molecule has 0 atom stereocenters. The summed E-state index contributed by atoms with van der Waals surface area (Å²) in [6.45, 7) is 0. The molecule has 2 N–H and O–H groups in total. The van der Waals surface area contributed by atoms with Gasteiger partial charge in [0.2, 0.25) is 0 Å². The Morgan fingerprint density at radius 2 is 1.80 bits per heavy atom. The average molecular weight is 206 g/mol. The highest BCUT2D eigenvalue weighted by molar-refractivity contribution is 5.75. The SMILES string of the molecule is Nc1cc(F)ccc1-c1cncc(F)c1. The van der Waals surface area contributed by atoms with E-state index in [9.17, 15) is 8.78 Å². The maximum absolute atomic E-state index is 12.9. The molecule has 1 aromatic carbocycles. The number of nitrogens with two attached hydrogens (primary N) is 1. The maximum Gasteiger partial charge on any atom is 0.142 e. The van der Waals surface area contributed by atoms with E-state index in [1.807, 2.05) is 0 Å². The van der Waals surface area contributed by atoms with Gasteiger partial charge in [0.15, 0.2) is 0 Å². The van der Waals surface area contributed by atoms with Crippen LogP contribution in [-0.2, 0) is 0 Å². The summed E-state index contributed by atoms with van der Waals surface area (Å²) >= 11 is 0. The van der Waals surface area contributed by atoms with Crippen LogP contribution < -0.4 is 5.73 Å². The molecule has 1 aromatic heterocycles. The predicted octanol–water partition coefficient (Wildman–Crippen LogP) is 2.61. The van der Waals surface area contributed by atoms with Gasteiger partial charge in [-0.25, -0.2) is 8.78 Å². The van der Waals surface area contributed by atoms with Gasteiger partial charge in [0, 0.05) is 23.0 Å². The number of aromatic nitrogens is 1. The van der Waals surface area contributed by atoms with E-state index in [1.165, 1.54) is 30.5 Å². The molecule has 2 aromatic rings. The van der Waals surface area contributed by atoms with Crippen LogP contribution in [0.2, 0.25) is 0 Å². The minimum absolute atomic E-state index is 0.266. The van der Waals surface area contributed by atoms with Gasteiger partial charge < -0.3 is 5.73 Å². The van der Waals surface area contributed by atoms with Gasteiger partial charge in [-0.1, -0.05) is 0 Å². The second-order valence-electron chi connectivity index (χ2n) is 3.12. The maximum atomic E-state index is 12.9. The Balaban J connectivity index is 2.54. The van der Waals surface area contributed by atoms with Crippen LogP contribution in [0.15, 0.2) is 36.7 Å². The minimum Gasteiger partial charge on any atom is -0.398 e. The Hall–Kier alpha value is -1.97. The number of nitrogens with zero attached hydrogens (tertiary/aromatic N) is 1. The molecule has 0 aliphatic heterocycles. The normalized spacial score (nSPS) is 10.3. The number of pyridine rings is 1. The topological polar surface area (TPSA) is 38.9 Å². The van der Waals surface area contributed by atoms with Gasteiger partial charge in [-0.15, -0.1) is 0 Å². The number of nitrogen functional groups attached to an aromatic ring is 1. The molecule has 0 saturated heterocycles. The average Bonchev–Trinajstić information content (AvgIpc) is 2.17. The highest BCUT2D eigenvalue weighted by Crippen LogP contribution is 2.25. The minimum atomic E-state index is -0.448. The van der Waals surface area contributed by atoms with E-state index in [2.05, 4.69) is 4.98 Å². The van der Waals surface area contributed by atoms with Gasteiger partial charge in [-0.3, -0.25) is 4.98 Å². The van der Waals surface area contributed by atoms with Gasteiger partial charge in [0.1, 0.15) is 11.6 Å². The zero-order valence-electron chi connectivity index (χ0n) is 7.74. The first-order chi connectivity index (χ1) is 7.16. The molecule has 1 heterocycles. The van der Waals surface area contributed by atoms with Crippen LogP contribution in [-0.4, -0.2) is 4.98 Å². The number of rotatable bonds is 1. The molecule has 0 aliphatic carbocycles. The lowest BCUT2D eigenvalue weighted by molar-refractivity contribution is 0.622. The second kappa shape index (κ2) is 3.65. The van der Waals surface area contributed by atoms with Gasteiger partial charge in [0.25, 0.3) is 0 Å². The molecule has 0 radical (unpaired) electrons. The van der Waals surface area contributed by atoms with E-state index in [1.54, 1.807) is 0 Å². The van der Waals surface area contributed by atoms with Crippen LogP contribution in [0.4, 0.5) is 14.5 Å². The van der Waals surface area contributed by atoms with Crippen LogP contribution in [0, 0.1) is 11.6 Å². The van der Waals surface area contributed by atoms with Crippen molar-refractivity contribution in [2.75, 3.05) is 5.73 Å². The van der Waals surface area contributed by atoms with Crippen LogP contribution in [0.25, 0.3) is 11.1 Å². The first-order valence-corrected chi connectivity index (χ1v) is 4.33. The molecular weight excluding hydrogens is 198 g/mol. The number of anilines is 1. The fraction of sp³-hybridized carbons (Fsp3) is 0. The lowest BCUT2D eigenvalue weighted by Crippen LogP contribution is -1.92. The zero-order valence-corrected chi connectivity index (χ0v) is 7.74. The molecule has 0 bridgehead atoms. The van der Waals surface area contributed by atoms with Crippen molar-refractivity contribution in [3.63, 3.8) is 0 Å². The molecule has 0 saturated carbocycles. The highest BCUT2D eigenvalue weighted by atomic mass is 19.1. The van der Waals surface area contributed by atoms with Crippen molar-refractivity contribution >= 4 is 5.69 Å². The Morgan fingerprint density at radius 1 is 1.00 bits per heavy atom. The summed E-state index contributed by atoms with van der Waals surface area (Å²) in [5.74, 6) is -0.864. The van der Waals surface area contributed by atoms with E-state index < -0.39 is 11.6 Å². The monoisotopic (exact) mass is 206 g/mol. The number of hydrogen-bond acceptors (Lipinski definition) is 2. The fourth-order valence-corrected chi connectivity index (χ4v) is 1.36. The molecule has 76 valence electrons. The summed E-state index contributed by atoms with van der Waals surface area (Å²) in [5, 5.41) is 0. The standard InChI is InChI=1S/C11H8F2N2/c12-8-1-2-10(11(14)4-8)7-3-9(13)6-15-5-7/h1-6H,14H2. The van der Waals surface area contributed by atoms with Crippen LogP contribution in [0.5, 0.6) is 0 Å². The third kappa shape index (κ3) is 1.93. The summed E-state index contributed by atoms with van der Waals surface area (Å²) in [6.07, 6.45) is 2.58. The second-order valence-corrected chi connectivity index (χ2v) is 3.12. The van der Waals surface area contributed by atoms with Crippen molar-refractivity contribution in [1.82, 2.24) is 4.98 Å². The van der Waals surface area contributed by atoms with E-state index in [0.717, 1.165) is 6.20 Å². The van der Waals surface area contributed by atoms with Crippen molar-refractivity contribution in [2.24, 2.45) is 0 Å². The van der Waals surface area contributed by atoms with Crippen molar-refractivity contribution in [1.29, 1.82) is 0 Å². The summed E-state index contributed by atoms with van der Waals surface area (Å²) in [4.78, 5) is 3.70. The first kappa shape index (κ1) is 9.58. The van der Waals surface area contributed by atoms with Gasteiger partial charge in [0.05, 0.1) is 6.20 Å². The summed E-state index contributed by atoms with van der Waals surface area (Å²) in [7, 11) is 0. The van der Waals surface area contributed by atoms with Crippen molar-refractivity contribution < 1.29 is 8.78 Å². The van der Waals surface area contributed by atoms with Gasteiger partial charge >= 0.3 is 0 Å². The smallest absolute Gasteiger partial charge is 0.142 e. The van der Waals surface area contributed by atoms with E-state index in [0.29, 0.717) is 11.1 Å². The summed E-state index contributed by atoms with van der Waals surface area (Å²) < 4.78 is 25.7. The predicted molar refractivity (Wildman–Crippen MR) is 54.0 cm³/mol. The highest BCUT2D eigenvalue weighted by Gasteiger charge is 2.04. The molecule has 0 aliphatic rings. The quantitative estimate of drug-likeness (QED) is 0.728. The Bertz CT molecular complexity index is 498. The molecule has 2 nitrogen and oxygen atoms in total. The van der Waals surface area contributed by atoms with E-state index in [-0.39, 0.29) is 5.69 Å². The Kier molecular flexibility index (Phi) is 2.33. The van der Waals surface area contributed by atoms with Crippen molar-refractivity contribution in [2.45, 2.75) is 0 Å².